The largest absolute Gasteiger partial charge is 0.329 e. The number of nitrogens with zero attached hydrogens (tertiary/aromatic N) is 2. The van der Waals surface area contributed by atoms with Crippen LogP contribution in [0.2, 0.25) is 0 Å². The van der Waals surface area contributed by atoms with Crippen LogP contribution in [0.15, 0.2) is 29.2 Å². The molecule has 22 heavy (non-hydrogen) atoms. The first-order valence-corrected chi connectivity index (χ1v) is 8.19. The average Bonchev–Trinajstić information content (AvgIpc) is 3.07. The first-order valence-electron chi connectivity index (χ1n) is 6.75. The van der Waals surface area contributed by atoms with Crippen molar-refractivity contribution < 1.29 is 22.4 Å². The molecule has 1 unspecified atom stereocenters. The third kappa shape index (κ3) is 2.46. The summed E-state index contributed by atoms with van der Waals surface area (Å²) < 4.78 is 39.1. The molecule has 2 fully saturated rings. The van der Waals surface area contributed by atoms with Crippen LogP contribution in [-0.2, 0) is 14.8 Å². The topological polar surface area (TPSA) is 86.8 Å². The monoisotopic (exact) mass is 327 g/mol. The Kier molecular flexibility index (Phi) is 3.61. The first-order chi connectivity index (χ1) is 10.4. The van der Waals surface area contributed by atoms with Crippen molar-refractivity contribution >= 4 is 22.0 Å². The van der Waals surface area contributed by atoms with Gasteiger partial charge in [-0.2, -0.15) is 4.31 Å². The van der Waals surface area contributed by atoms with Crippen LogP contribution in [-0.4, -0.2) is 55.2 Å². The normalized spacial score (nSPS) is 23.1. The van der Waals surface area contributed by atoms with Crippen molar-refractivity contribution in [2.24, 2.45) is 0 Å². The van der Waals surface area contributed by atoms with E-state index < -0.39 is 27.9 Å². The molecular formula is C13H14FN3O4S. The smallest absolute Gasteiger partial charge is 0.324 e. The van der Waals surface area contributed by atoms with Crippen LogP contribution in [0.1, 0.15) is 6.42 Å². The summed E-state index contributed by atoms with van der Waals surface area (Å²) in [5.41, 5.74) is 0. The lowest BCUT2D eigenvalue weighted by Gasteiger charge is -2.21. The highest BCUT2D eigenvalue weighted by molar-refractivity contribution is 7.89. The van der Waals surface area contributed by atoms with Gasteiger partial charge in [-0.25, -0.2) is 17.6 Å². The number of amides is 3. The molecule has 0 saturated carbocycles. The van der Waals surface area contributed by atoms with Crippen LogP contribution in [0.25, 0.3) is 0 Å². The molecule has 1 aromatic rings. The fourth-order valence-corrected chi connectivity index (χ4v) is 4.19. The van der Waals surface area contributed by atoms with Gasteiger partial charge in [-0.3, -0.25) is 9.69 Å². The number of urea groups is 1. The lowest BCUT2D eigenvalue weighted by molar-refractivity contribution is -0.126. The molecule has 118 valence electrons. The molecule has 2 saturated heterocycles. The molecule has 1 N–H and O–H groups in total. The Morgan fingerprint density at radius 3 is 2.45 bits per heavy atom. The van der Waals surface area contributed by atoms with Crippen molar-refractivity contribution in [2.45, 2.75) is 17.4 Å². The van der Waals surface area contributed by atoms with E-state index in [1.807, 2.05) is 0 Å². The van der Waals surface area contributed by atoms with E-state index in [0.717, 1.165) is 17.0 Å². The van der Waals surface area contributed by atoms with Crippen molar-refractivity contribution in [3.05, 3.63) is 30.1 Å². The zero-order valence-corrected chi connectivity index (χ0v) is 12.3. The summed E-state index contributed by atoms with van der Waals surface area (Å²) >= 11 is 0. The Bertz CT molecular complexity index is 703. The van der Waals surface area contributed by atoms with Gasteiger partial charge in [0.05, 0.1) is 17.5 Å². The van der Waals surface area contributed by atoms with Gasteiger partial charge in [0.2, 0.25) is 15.9 Å². The molecule has 1 aromatic carbocycles. The van der Waals surface area contributed by atoms with Crippen LogP contribution in [0, 0.1) is 5.82 Å². The summed E-state index contributed by atoms with van der Waals surface area (Å²) in [4.78, 5) is 24.4. The number of halogens is 1. The van der Waals surface area contributed by atoms with Gasteiger partial charge in [-0.1, -0.05) is 0 Å². The fraction of sp³-hybridized carbons (Fsp3) is 0.385. The van der Waals surface area contributed by atoms with Gasteiger partial charge in [0.25, 0.3) is 0 Å². The van der Waals surface area contributed by atoms with E-state index in [1.54, 1.807) is 0 Å². The quantitative estimate of drug-likeness (QED) is 0.800. The average molecular weight is 327 g/mol. The van der Waals surface area contributed by atoms with Gasteiger partial charge < -0.3 is 5.32 Å². The Morgan fingerprint density at radius 1 is 1.18 bits per heavy atom. The summed E-state index contributed by atoms with van der Waals surface area (Å²) in [7, 11) is -3.76. The predicted octanol–water partition coefficient (Wildman–Crippen LogP) is 0.141. The van der Waals surface area contributed by atoms with E-state index in [-0.39, 0.29) is 30.4 Å². The Balaban J connectivity index is 1.78. The summed E-state index contributed by atoms with van der Waals surface area (Å²) in [6.45, 7) is 0.209. The number of hydrogen-bond acceptors (Lipinski definition) is 4. The van der Waals surface area contributed by atoms with Crippen LogP contribution in [0.4, 0.5) is 9.18 Å². The molecule has 7 nitrogen and oxygen atoms in total. The highest BCUT2D eigenvalue weighted by atomic mass is 32.2. The van der Waals surface area contributed by atoms with Crippen LogP contribution >= 0.6 is 0 Å². The highest BCUT2D eigenvalue weighted by Gasteiger charge is 2.41. The SMILES string of the molecule is O=C1CNC(=O)N1C1CCN(S(=O)(=O)c2ccc(F)cc2)C1. The van der Waals surface area contributed by atoms with Gasteiger partial charge in [-0.05, 0) is 30.7 Å². The van der Waals surface area contributed by atoms with Gasteiger partial charge in [-0.15, -0.1) is 0 Å². The number of hydrogen-bond donors (Lipinski definition) is 1. The van der Waals surface area contributed by atoms with E-state index in [1.165, 1.54) is 16.4 Å². The molecule has 1 atom stereocenters. The lowest BCUT2D eigenvalue weighted by Crippen LogP contribution is -2.42. The molecule has 3 amide bonds. The molecule has 0 radical (unpaired) electrons. The first kappa shape index (κ1) is 14.9. The van der Waals surface area contributed by atoms with Crippen LogP contribution in [0.3, 0.4) is 0 Å². The molecule has 0 spiro atoms. The van der Waals surface area contributed by atoms with E-state index in [0.29, 0.717) is 6.42 Å². The summed E-state index contributed by atoms with van der Waals surface area (Å²) in [5.74, 6) is -0.867. The van der Waals surface area contributed by atoms with Gasteiger partial charge in [0.15, 0.2) is 0 Å². The van der Waals surface area contributed by atoms with Crippen LogP contribution in [0.5, 0.6) is 0 Å². The Hall–Kier alpha value is -2.00. The number of sulfonamides is 1. The minimum atomic E-state index is -3.76. The minimum absolute atomic E-state index is 0.00764. The molecule has 2 aliphatic rings. The van der Waals surface area contributed by atoms with Crippen LogP contribution < -0.4 is 5.32 Å². The number of rotatable bonds is 3. The molecule has 0 bridgehead atoms. The maximum absolute atomic E-state index is 12.9. The van der Waals surface area contributed by atoms with E-state index in [2.05, 4.69) is 5.32 Å². The zero-order valence-electron chi connectivity index (χ0n) is 11.5. The zero-order chi connectivity index (χ0) is 15.9. The Morgan fingerprint density at radius 2 is 1.86 bits per heavy atom. The summed E-state index contributed by atoms with van der Waals surface area (Å²) in [6.07, 6.45) is 0.388. The van der Waals surface area contributed by atoms with Gasteiger partial charge in [0, 0.05) is 13.1 Å². The number of benzene rings is 1. The third-order valence-corrected chi connectivity index (χ3v) is 5.70. The van der Waals surface area contributed by atoms with Crippen molar-refractivity contribution in [3.8, 4) is 0 Å². The molecule has 2 aliphatic heterocycles. The second kappa shape index (κ2) is 5.33. The third-order valence-electron chi connectivity index (χ3n) is 3.82. The maximum Gasteiger partial charge on any atom is 0.324 e. The number of imide groups is 1. The van der Waals surface area contributed by atoms with Crippen molar-refractivity contribution in [1.82, 2.24) is 14.5 Å². The maximum atomic E-state index is 12.9. The molecule has 2 heterocycles. The second-order valence-corrected chi connectivity index (χ2v) is 7.12. The standard InChI is InChI=1S/C13H14FN3O4S/c14-9-1-3-11(4-2-9)22(20,21)16-6-5-10(8-16)17-12(18)7-15-13(17)19/h1-4,10H,5-8H2,(H,15,19). The molecular weight excluding hydrogens is 313 g/mol. The number of carbonyl (C=O) groups is 2. The molecule has 3 rings (SSSR count). The highest BCUT2D eigenvalue weighted by Crippen LogP contribution is 2.24. The van der Waals surface area contributed by atoms with E-state index in [9.17, 15) is 22.4 Å². The fourth-order valence-electron chi connectivity index (χ4n) is 2.70. The van der Waals surface area contributed by atoms with E-state index >= 15 is 0 Å². The van der Waals surface area contributed by atoms with Gasteiger partial charge in [0.1, 0.15) is 5.82 Å². The predicted molar refractivity (Wildman–Crippen MR) is 73.8 cm³/mol. The Labute approximate surface area is 126 Å². The van der Waals surface area contributed by atoms with Gasteiger partial charge >= 0.3 is 6.03 Å². The van der Waals surface area contributed by atoms with Crippen molar-refractivity contribution in [3.63, 3.8) is 0 Å². The van der Waals surface area contributed by atoms with E-state index in [4.69, 9.17) is 0 Å². The minimum Gasteiger partial charge on any atom is -0.329 e. The molecule has 0 aliphatic carbocycles. The lowest BCUT2D eigenvalue weighted by atomic mass is 10.2. The molecule has 0 aromatic heterocycles. The number of nitrogens with one attached hydrogen (secondary N) is 1. The molecule has 9 heteroatoms. The summed E-state index contributed by atoms with van der Waals surface area (Å²) in [6, 6.07) is 3.61. The van der Waals surface area contributed by atoms with Crippen molar-refractivity contribution in [1.29, 1.82) is 0 Å². The summed E-state index contributed by atoms with van der Waals surface area (Å²) in [5, 5.41) is 2.42. The number of carbonyl (C=O) groups excluding carboxylic acids is 2. The van der Waals surface area contributed by atoms with Crippen molar-refractivity contribution in [2.75, 3.05) is 19.6 Å². The second-order valence-electron chi connectivity index (χ2n) is 5.18.